The molecule has 0 radical (unpaired) electrons. The number of fused-ring (bicyclic) bond motifs is 2. The molecule has 4 fully saturated rings. The minimum absolute atomic E-state index is 0. The molecule has 0 spiro atoms. The summed E-state index contributed by atoms with van der Waals surface area (Å²) in [5, 5.41) is 100. The van der Waals surface area contributed by atoms with Crippen LogP contribution in [0.3, 0.4) is 0 Å². The van der Waals surface area contributed by atoms with Crippen LogP contribution in [0.15, 0.2) is 64.0 Å². The molecule has 0 saturated carbocycles. The molecule has 2 aromatic carbocycles. The normalized spacial score (nSPS) is 27.0. The molecule has 0 aliphatic carbocycles. The Morgan fingerprint density at radius 3 is 1.81 bits per heavy atom. The molecular formula is C47H61I6O20S4-. The third kappa shape index (κ3) is 23.8. The van der Waals surface area contributed by atoms with Crippen LogP contribution < -0.4 is 33.1 Å². The molecule has 77 heavy (non-hydrogen) atoms. The average Bonchev–Trinajstić information content (AvgIpc) is 4.14. The zero-order valence-corrected chi connectivity index (χ0v) is 57.0. The number of phenolic OH excluding ortho intramolecular Hbond substituents is 2. The molecule has 0 amide bonds. The van der Waals surface area contributed by atoms with E-state index in [1.807, 2.05) is 43.2 Å². The van der Waals surface area contributed by atoms with Gasteiger partial charge in [-0.3, -0.25) is 9.59 Å². The fraction of sp³-hybridized carbons (Fsp3) is 0.553. The molecule has 8 rings (SSSR count). The number of carboxylic acids is 1. The third-order valence-corrected chi connectivity index (χ3v) is 17.7. The Morgan fingerprint density at radius 2 is 1.26 bits per heavy atom. The second-order valence-electron chi connectivity index (χ2n) is 17.1. The van der Waals surface area contributed by atoms with E-state index in [1.54, 1.807) is 12.2 Å². The minimum atomic E-state index is -1.61. The quantitative estimate of drug-likeness (QED) is 0.0267. The van der Waals surface area contributed by atoms with Gasteiger partial charge < -0.3 is 83.9 Å². The van der Waals surface area contributed by atoms with E-state index in [0.29, 0.717) is 53.8 Å². The number of aliphatic carboxylic acids is 1. The number of rotatable bonds is 17. The topological polar surface area (TPSA) is 322 Å². The molecule has 3 aromatic rings. The second-order valence-corrected chi connectivity index (χ2v) is 38.9. The first-order valence-corrected chi connectivity index (χ1v) is 47.0. The van der Waals surface area contributed by atoms with Gasteiger partial charge in [0.1, 0.15) is 72.5 Å². The zero-order valence-electron chi connectivity index (χ0n) is 40.6. The number of carbonyl (C=O) groups is 2. The van der Waals surface area contributed by atoms with E-state index in [4.69, 9.17) is 43.1 Å². The number of aliphatic hydroxyl groups is 7. The van der Waals surface area contributed by atoms with Gasteiger partial charge in [-0.05, 0) is 68.9 Å². The van der Waals surface area contributed by atoms with Crippen LogP contribution in [-0.2, 0) is 23.8 Å². The van der Waals surface area contributed by atoms with Gasteiger partial charge in [-0.1, -0.05) is 62.6 Å². The first-order valence-electron chi connectivity index (χ1n) is 23.4. The molecule has 20 nitrogen and oxygen atoms in total. The Labute approximate surface area is 530 Å². The zero-order chi connectivity index (χ0) is 55.9. The van der Waals surface area contributed by atoms with Crippen molar-refractivity contribution in [2.75, 3.05) is 24.7 Å². The Kier molecular flexibility index (Phi) is 35.8. The van der Waals surface area contributed by atoms with Crippen molar-refractivity contribution < 1.29 is 107 Å². The van der Waals surface area contributed by atoms with Gasteiger partial charge in [-0.15, -0.1) is 24.0 Å². The maximum absolute atomic E-state index is 12.1. The third-order valence-electron chi connectivity index (χ3n) is 11.7. The fourth-order valence-electron chi connectivity index (χ4n) is 7.65. The van der Waals surface area contributed by atoms with Crippen molar-refractivity contribution in [1.29, 1.82) is 0 Å². The number of benzene rings is 2. The molecular weight excluding hydrogens is 1770 g/mol. The van der Waals surface area contributed by atoms with Crippen molar-refractivity contribution in [1.82, 2.24) is 0 Å². The number of allylic oxidation sites excluding steroid dienone is 1. The van der Waals surface area contributed by atoms with E-state index >= 15 is 0 Å². The maximum Gasteiger partial charge on any atom is 0.336 e. The summed E-state index contributed by atoms with van der Waals surface area (Å²) >= 11 is 9.54. The van der Waals surface area contributed by atoms with E-state index in [9.17, 15) is 55.2 Å². The molecule has 0 bridgehead atoms. The predicted molar refractivity (Wildman–Crippen MR) is 337 cm³/mol. The van der Waals surface area contributed by atoms with Crippen molar-refractivity contribution in [2.45, 2.75) is 136 Å². The summed E-state index contributed by atoms with van der Waals surface area (Å²) in [5.74, 6) is 1.39. The molecule has 4 saturated heterocycles. The number of unbranched alkanes of at least 4 members (excludes halogenated alkanes) is 2. The maximum atomic E-state index is 12.1. The fourth-order valence-corrected chi connectivity index (χ4v) is 13.7. The second kappa shape index (κ2) is 38.4. The number of phenols is 2. The van der Waals surface area contributed by atoms with Crippen LogP contribution in [0.1, 0.15) is 69.8 Å². The summed E-state index contributed by atoms with van der Waals surface area (Å²) in [7, 11) is 7.72. The van der Waals surface area contributed by atoms with Crippen molar-refractivity contribution in [3.63, 3.8) is 0 Å². The first kappa shape index (κ1) is 71.8. The molecule has 10 unspecified atom stereocenters. The molecule has 1 aromatic heterocycles. The number of esters is 1. The molecule has 436 valence electrons. The van der Waals surface area contributed by atoms with E-state index in [2.05, 4.69) is 81.0 Å². The number of hydrogen-bond donors (Lipinski definition) is 10. The molecule has 12 atom stereocenters. The van der Waals surface area contributed by atoms with Crippen molar-refractivity contribution in [3.8, 4) is 28.7 Å². The summed E-state index contributed by atoms with van der Waals surface area (Å²) in [5.41, 5.74) is 0.164. The van der Waals surface area contributed by atoms with E-state index < -0.39 is 85.6 Å². The first-order chi connectivity index (χ1) is 36.4. The molecule has 10 N–H and O–H groups in total. The van der Waals surface area contributed by atoms with Gasteiger partial charge in [0.25, 0.3) is 0 Å². The van der Waals surface area contributed by atoms with Crippen molar-refractivity contribution >= 4 is 171 Å². The van der Waals surface area contributed by atoms with Gasteiger partial charge in [0, 0.05) is 101 Å². The SMILES string of the molecule is C=C1C=Cc2cc(OC3OC(COC(=O)CCCC[C@@H]4CCSS4)C(O)C(O)C3O)c(O)cc2O1.I.II.I[I-]I.O=C(O)CCCC[C@@H]1CCSS1.O=c1ccc2cc(OC3OC(CO)C(O)C(O)C3O)c(O)cc2o1. The predicted octanol–water partition coefficient (Wildman–Crippen LogP) is 5.38. The van der Waals surface area contributed by atoms with Gasteiger partial charge in [0.05, 0.1) is 6.61 Å². The molecule has 6 heterocycles. The van der Waals surface area contributed by atoms with Gasteiger partial charge in [-0.25, -0.2) is 4.79 Å². The standard InChI is InChI=1S/C24H30O9S2.C15H16O9.C8H14O2S2.I3.I2.HI/c1-13-6-7-14-10-18(16(25)11-17(14)31-13)32-24-23(29)22(28)21(27)19(33-24)12-30-20(26)5-3-2-4-15-8-9-34-35-15;16-5-10-12(19)13(20)14(21)15(24-10)23-9-3-6-1-2-11(18)22-8(6)4-7(9)17;9-8(10)4-2-1-3-7-5-6-11-12-7;1-3-2;1-2;/h6-7,10-11,15,19,21-25,27-29H,1-5,8-9,12H2;1-4,10,12-17,19-21H,5H2;7H,1-6H2,(H,9,10);;;1H/q;;;-1;;/t15-,19?,21?,22?,23?,24?;;7-;;;/m1.1.../s1. The van der Waals surface area contributed by atoms with E-state index in [0.717, 1.165) is 37.0 Å². The Balaban J connectivity index is 0.000000320. The summed E-state index contributed by atoms with van der Waals surface area (Å²) in [6, 6.07) is 7.99. The number of hydrogen-bond acceptors (Lipinski definition) is 23. The Hall–Kier alpha value is 0.490. The van der Waals surface area contributed by atoms with Gasteiger partial charge in [0.2, 0.25) is 12.6 Å². The van der Waals surface area contributed by atoms with E-state index in [1.165, 1.54) is 61.1 Å². The van der Waals surface area contributed by atoms with Gasteiger partial charge >= 0.3 is 68.1 Å². The van der Waals surface area contributed by atoms with Gasteiger partial charge in [-0.2, -0.15) is 0 Å². The van der Waals surface area contributed by atoms with Crippen LogP contribution in [0, 0.1) is 0 Å². The summed E-state index contributed by atoms with van der Waals surface area (Å²) in [6.45, 7) is 2.79. The monoisotopic (exact) mass is 1830 g/mol. The molecule has 5 aliphatic heterocycles. The number of carboxylic acid groups (broad SMARTS) is 1. The Bertz CT molecular complexity index is 2370. The molecule has 30 heteroatoms. The summed E-state index contributed by atoms with van der Waals surface area (Å²) in [6.07, 6.45) is -2.21. The molecule has 5 aliphatic rings. The van der Waals surface area contributed by atoms with Crippen molar-refractivity contribution in [3.05, 3.63) is 70.8 Å². The minimum Gasteiger partial charge on any atom is -0.504 e. The number of ether oxygens (including phenoxy) is 6. The number of carbonyl (C=O) groups excluding carboxylic acids is 1. The van der Waals surface area contributed by atoms with Crippen LogP contribution >= 0.6 is 142 Å². The largest absolute Gasteiger partial charge is 0.504 e. The Morgan fingerprint density at radius 1 is 0.727 bits per heavy atom. The van der Waals surface area contributed by atoms with Gasteiger partial charge in [0.15, 0.2) is 23.0 Å². The average molecular weight is 1840 g/mol. The number of aromatic hydroxyl groups is 2. The number of halogens is 6. The number of aliphatic hydroxyl groups excluding tert-OH is 7. The van der Waals surface area contributed by atoms with Crippen LogP contribution in [-0.4, -0.2) is 160 Å². The van der Waals surface area contributed by atoms with E-state index in [-0.39, 0.29) is 65.6 Å². The van der Waals surface area contributed by atoms with Crippen LogP contribution in [0.25, 0.3) is 17.0 Å². The van der Waals surface area contributed by atoms with Crippen LogP contribution in [0.2, 0.25) is 0 Å². The summed E-state index contributed by atoms with van der Waals surface area (Å²) < 4.78 is 37.4. The van der Waals surface area contributed by atoms with Crippen LogP contribution in [0.4, 0.5) is 0 Å². The van der Waals surface area contributed by atoms with Crippen molar-refractivity contribution in [2.24, 2.45) is 0 Å². The smallest absolute Gasteiger partial charge is 0.336 e. The van der Waals surface area contributed by atoms with Crippen LogP contribution in [0.5, 0.6) is 28.7 Å². The summed E-state index contributed by atoms with van der Waals surface area (Å²) in [4.78, 5) is 33.5.